The third kappa shape index (κ3) is 3.80. The molecule has 0 saturated heterocycles. The summed E-state index contributed by atoms with van der Waals surface area (Å²) in [5, 5.41) is 0. The van der Waals surface area contributed by atoms with Crippen molar-refractivity contribution in [1.82, 2.24) is 19.5 Å². The SMILES string of the molecule is C=C(Cn1cnc2c(=O)[nH]c(N)nc21)[C@H](C)OCP(=O)(O)O. The molecule has 1 atom stereocenters. The van der Waals surface area contributed by atoms with Gasteiger partial charge in [0.2, 0.25) is 5.95 Å². The summed E-state index contributed by atoms with van der Waals surface area (Å²) in [5.74, 6) is -0.0318. The number of aromatic nitrogens is 4. The van der Waals surface area contributed by atoms with Gasteiger partial charge in [0.05, 0.1) is 12.4 Å². The molecule has 0 amide bonds. The molecule has 0 aromatic carbocycles. The molecule has 0 aliphatic heterocycles. The molecule has 0 unspecified atom stereocenters. The summed E-state index contributed by atoms with van der Waals surface area (Å²) >= 11 is 0. The zero-order valence-corrected chi connectivity index (χ0v) is 12.7. The first-order valence-electron chi connectivity index (χ1n) is 6.22. The summed E-state index contributed by atoms with van der Waals surface area (Å²) in [6.07, 6.45) is 0.125. The minimum atomic E-state index is -4.24. The van der Waals surface area contributed by atoms with Crippen LogP contribution in [0.2, 0.25) is 0 Å². The van der Waals surface area contributed by atoms with Gasteiger partial charge in [0.15, 0.2) is 11.2 Å². The normalized spacial score (nSPS) is 13.4. The highest BCUT2D eigenvalue weighted by molar-refractivity contribution is 7.51. The van der Waals surface area contributed by atoms with E-state index >= 15 is 0 Å². The van der Waals surface area contributed by atoms with Crippen molar-refractivity contribution in [3.05, 3.63) is 28.8 Å². The van der Waals surface area contributed by atoms with Crippen LogP contribution < -0.4 is 11.3 Å². The molecule has 2 aromatic heterocycles. The van der Waals surface area contributed by atoms with Crippen LogP contribution in [0.25, 0.3) is 11.2 Å². The summed E-state index contributed by atoms with van der Waals surface area (Å²) in [5.41, 5.74) is 6.03. The van der Waals surface area contributed by atoms with E-state index in [-0.39, 0.29) is 18.0 Å². The molecule has 2 aromatic rings. The molecule has 0 aliphatic carbocycles. The van der Waals surface area contributed by atoms with Crippen molar-refractivity contribution in [2.45, 2.75) is 19.6 Å². The van der Waals surface area contributed by atoms with Gasteiger partial charge in [-0.05, 0) is 12.5 Å². The Kier molecular flexibility index (Phi) is 4.47. The van der Waals surface area contributed by atoms with Crippen LogP contribution in [0.3, 0.4) is 0 Å². The van der Waals surface area contributed by atoms with E-state index in [4.69, 9.17) is 20.3 Å². The quantitative estimate of drug-likeness (QED) is 0.419. The maximum atomic E-state index is 11.7. The van der Waals surface area contributed by atoms with Crippen LogP contribution in [0, 0.1) is 0 Å². The fourth-order valence-electron chi connectivity index (χ4n) is 1.76. The number of nitrogen functional groups attached to an aromatic ring is 1. The van der Waals surface area contributed by atoms with E-state index < -0.39 is 25.6 Å². The molecule has 0 radical (unpaired) electrons. The molecule has 0 saturated carbocycles. The molecule has 10 nitrogen and oxygen atoms in total. The Morgan fingerprint density at radius 2 is 2.32 bits per heavy atom. The molecule has 11 heteroatoms. The number of ether oxygens (including phenoxy) is 1. The van der Waals surface area contributed by atoms with E-state index in [1.165, 1.54) is 6.33 Å². The smallest absolute Gasteiger partial charge is 0.351 e. The van der Waals surface area contributed by atoms with Gasteiger partial charge in [-0.2, -0.15) is 4.98 Å². The Balaban J connectivity index is 2.15. The Hall–Kier alpha value is -2.00. The Morgan fingerprint density at radius 3 is 2.95 bits per heavy atom. The van der Waals surface area contributed by atoms with E-state index in [1.54, 1.807) is 11.5 Å². The minimum Gasteiger partial charge on any atom is -0.369 e. The van der Waals surface area contributed by atoms with Crippen LogP contribution in [0.15, 0.2) is 23.3 Å². The molecule has 0 aliphatic rings. The Morgan fingerprint density at radius 1 is 1.64 bits per heavy atom. The number of hydrogen-bond acceptors (Lipinski definition) is 6. The van der Waals surface area contributed by atoms with Crippen LogP contribution >= 0.6 is 7.60 Å². The van der Waals surface area contributed by atoms with Crippen molar-refractivity contribution in [3.8, 4) is 0 Å². The zero-order chi connectivity index (χ0) is 16.5. The van der Waals surface area contributed by atoms with Crippen molar-refractivity contribution in [1.29, 1.82) is 0 Å². The average Bonchev–Trinajstić information content (AvgIpc) is 2.78. The number of nitrogens with one attached hydrogen (secondary N) is 1. The Bertz CT molecular complexity index is 807. The third-order valence-corrected chi connectivity index (χ3v) is 3.42. The molecule has 0 bridgehead atoms. The van der Waals surface area contributed by atoms with Crippen LogP contribution in [0.5, 0.6) is 0 Å². The predicted molar refractivity (Wildman–Crippen MR) is 79.2 cm³/mol. The molecule has 120 valence electrons. The second-order valence-corrected chi connectivity index (χ2v) is 6.34. The standard InChI is InChI=1S/C11H16N5O5P/c1-6(7(2)21-5-22(18,19)20)3-16-4-13-8-9(16)14-11(12)15-10(8)17/h4,7H,1,3,5H2,2H3,(H2,18,19,20)(H3,12,14,15,17)/t7-/m0/s1. The maximum Gasteiger partial charge on any atom is 0.351 e. The van der Waals surface area contributed by atoms with Gasteiger partial charge in [-0.1, -0.05) is 6.58 Å². The lowest BCUT2D eigenvalue weighted by Gasteiger charge is -2.16. The van der Waals surface area contributed by atoms with Gasteiger partial charge >= 0.3 is 7.60 Å². The van der Waals surface area contributed by atoms with Gasteiger partial charge in [0.25, 0.3) is 5.56 Å². The number of nitrogens with two attached hydrogens (primary N) is 1. The molecular formula is C11H16N5O5P. The van der Waals surface area contributed by atoms with E-state index in [2.05, 4.69) is 21.5 Å². The maximum absolute atomic E-state index is 11.7. The van der Waals surface area contributed by atoms with Crippen molar-refractivity contribution >= 4 is 24.7 Å². The van der Waals surface area contributed by atoms with Gasteiger partial charge in [-0.15, -0.1) is 0 Å². The summed E-state index contributed by atoms with van der Waals surface area (Å²) in [6, 6.07) is 0. The number of hydrogen-bond donors (Lipinski definition) is 4. The largest absolute Gasteiger partial charge is 0.369 e. The molecule has 2 rings (SSSR count). The first-order chi connectivity index (χ1) is 10.2. The van der Waals surface area contributed by atoms with Crippen LogP contribution in [0.4, 0.5) is 5.95 Å². The minimum absolute atomic E-state index is 0.0318. The van der Waals surface area contributed by atoms with Crippen LogP contribution in [0.1, 0.15) is 6.92 Å². The van der Waals surface area contributed by atoms with Gasteiger partial charge < -0.3 is 24.8 Å². The fraction of sp³-hybridized carbons (Fsp3) is 0.364. The van der Waals surface area contributed by atoms with E-state index in [0.29, 0.717) is 11.2 Å². The highest BCUT2D eigenvalue weighted by Gasteiger charge is 2.18. The average molecular weight is 329 g/mol. The van der Waals surface area contributed by atoms with Crippen molar-refractivity contribution in [3.63, 3.8) is 0 Å². The lowest BCUT2D eigenvalue weighted by molar-refractivity contribution is 0.110. The number of rotatable bonds is 6. The second kappa shape index (κ2) is 6.01. The van der Waals surface area contributed by atoms with Crippen molar-refractivity contribution in [2.75, 3.05) is 12.1 Å². The number of H-pyrrole nitrogens is 1. The summed E-state index contributed by atoms with van der Waals surface area (Å²) in [6.45, 7) is 5.64. The summed E-state index contributed by atoms with van der Waals surface area (Å²) in [7, 11) is -4.24. The van der Waals surface area contributed by atoms with Gasteiger partial charge in [0.1, 0.15) is 6.35 Å². The predicted octanol–water partition coefficient (Wildman–Crippen LogP) is -0.202. The molecule has 5 N–H and O–H groups in total. The van der Waals surface area contributed by atoms with Gasteiger partial charge in [0, 0.05) is 6.54 Å². The van der Waals surface area contributed by atoms with E-state index in [0.717, 1.165) is 0 Å². The second-order valence-electron chi connectivity index (χ2n) is 4.76. The highest BCUT2D eigenvalue weighted by atomic mass is 31.2. The first kappa shape index (κ1) is 16.4. The lowest BCUT2D eigenvalue weighted by atomic mass is 10.2. The number of fused-ring (bicyclic) bond motifs is 1. The molecule has 22 heavy (non-hydrogen) atoms. The van der Waals surface area contributed by atoms with Gasteiger partial charge in [-0.25, -0.2) is 4.98 Å². The monoisotopic (exact) mass is 329 g/mol. The van der Waals surface area contributed by atoms with Crippen LogP contribution in [-0.2, 0) is 15.8 Å². The topological polar surface area (TPSA) is 156 Å². The highest BCUT2D eigenvalue weighted by Crippen LogP contribution is 2.34. The number of nitrogens with zero attached hydrogens (tertiary/aromatic N) is 3. The number of aromatic amines is 1. The summed E-state index contributed by atoms with van der Waals surface area (Å²) < 4.78 is 17.4. The lowest BCUT2D eigenvalue weighted by Crippen LogP contribution is -2.17. The fourth-order valence-corrected chi connectivity index (χ4v) is 2.18. The van der Waals surface area contributed by atoms with E-state index in [1.807, 2.05) is 0 Å². The first-order valence-corrected chi connectivity index (χ1v) is 8.01. The van der Waals surface area contributed by atoms with Crippen LogP contribution in [-0.4, -0.2) is 41.8 Å². The number of imidazole rings is 1. The molecular weight excluding hydrogens is 313 g/mol. The zero-order valence-electron chi connectivity index (χ0n) is 11.8. The van der Waals surface area contributed by atoms with Gasteiger partial charge in [-0.3, -0.25) is 14.3 Å². The van der Waals surface area contributed by atoms with E-state index in [9.17, 15) is 9.36 Å². The van der Waals surface area contributed by atoms with Crippen molar-refractivity contribution < 1.29 is 19.1 Å². The molecule has 0 fully saturated rings. The molecule has 0 spiro atoms. The third-order valence-electron chi connectivity index (χ3n) is 2.93. The Labute approximate surface area is 124 Å². The number of anilines is 1. The molecule has 2 heterocycles. The summed E-state index contributed by atoms with van der Waals surface area (Å²) in [4.78, 5) is 39.5. The van der Waals surface area contributed by atoms with Crippen molar-refractivity contribution in [2.24, 2.45) is 0 Å².